The van der Waals surface area contributed by atoms with E-state index in [0.29, 0.717) is 36.8 Å². The topological polar surface area (TPSA) is 55.4 Å². The van der Waals surface area contributed by atoms with Crippen LogP contribution >= 0.6 is 27.5 Å². The second kappa shape index (κ2) is 5.77. The van der Waals surface area contributed by atoms with Gasteiger partial charge in [-0.15, -0.1) is 0 Å². The Bertz CT molecular complexity index is 529. The molecule has 0 amide bonds. The lowest BCUT2D eigenvalue weighted by Crippen LogP contribution is -2.33. The fraction of sp³-hybridized carbons (Fsp3) is 0.455. The van der Waals surface area contributed by atoms with Gasteiger partial charge in [0, 0.05) is 17.7 Å². The van der Waals surface area contributed by atoms with Crippen molar-refractivity contribution in [1.82, 2.24) is 0 Å². The van der Waals surface area contributed by atoms with Crippen molar-refractivity contribution in [3.8, 4) is 0 Å². The monoisotopic (exact) mass is 353 g/mol. The van der Waals surface area contributed by atoms with Gasteiger partial charge in [0.2, 0.25) is 10.0 Å². The third-order valence-electron chi connectivity index (χ3n) is 2.79. The summed E-state index contributed by atoms with van der Waals surface area (Å²) in [6.07, 6.45) is 1.05. The Balaban J connectivity index is 2.13. The Morgan fingerprint density at radius 3 is 2.61 bits per heavy atom. The Morgan fingerprint density at radius 1 is 1.33 bits per heavy atom. The van der Waals surface area contributed by atoms with Gasteiger partial charge in [-0.1, -0.05) is 11.6 Å². The molecule has 1 saturated heterocycles. The Labute approximate surface area is 120 Å². The van der Waals surface area contributed by atoms with Crippen LogP contribution < -0.4 is 4.72 Å². The molecule has 18 heavy (non-hydrogen) atoms. The van der Waals surface area contributed by atoms with Crippen LogP contribution in [0.4, 0.5) is 5.69 Å². The second-order valence-electron chi connectivity index (χ2n) is 4.09. The van der Waals surface area contributed by atoms with Gasteiger partial charge in [0.05, 0.1) is 16.0 Å². The molecule has 4 nitrogen and oxygen atoms in total. The van der Waals surface area contributed by atoms with Gasteiger partial charge < -0.3 is 4.74 Å². The van der Waals surface area contributed by atoms with Crippen molar-refractivity contribution in [1.29, 1.82) is 0 Å². The number of anilines is 1. The molecule has 1 aromatic rings. The van der Waals surface area contributed by atoms with E-state index in [9.17, 15) is 8.42 Å². The molecule has 7 heteroatoms. The van der Waals surface area contributed by atoms with Crippen LogP contribution in [0.2, 0.25) is 5.02 Å². The van der Waals surface area contributed by atoms with E-state index in [1.54, 1.807) is 18.2 Å². The van der Waals surface area contributed by atoms with E-state index in [1.165, 1.54) is 0 Å². The Kier molecular flexibility index (Phi) is 4.53. The summed E-state index contributed by atoms with van der Waals surface area (Å²) in [6.45, 7) is 0.985. The van der Waals surface area contributed by atoms with Crippen molar-refractivity contribution in [2.24, 2.45) is 0 Å². The molecule has 0 bridgehead atoms. The molecule has 0 spiro atoms. The van der Waals surface area contributed by atoms with E-state index in [-0.39, 0.29) is 0 Å². The number of sulfonamides is 1. The molecule has 0 aliphatic carbocycles. The highest BCUT2D eigenvalue weighted by atomic mass is 79.9. The average molecular weight is 355 g/mol. The molecule has 2 rings (SSSR count). The smallest absolute Gasteiger partial charge is 0.235 e. The van der Waals surface area contributed by atoms with Crippen LogP contribution in [0.1, 0.15) is 12.8 Å². The van der Waals surface area contributed by atoms with E-state index in [0.717, 1.165) is 4.47 Å². The zero-order valence-corrected chi connectivity index (χ0v) is 12.7. The molecule has 100 valence electrons. The molecule has 0 aromatic heterocycles. The standard InChI is InChI=1S/C11H13BrClNO3S/c12-10-2-1-8(7-11(10)13)14-18(15,16)9-3-5-17-6-4-9/h1-2,7,9,14H,3-6H2. The maximum atomic E-state index is 12.1. The largest absolute Gasteiger partial charge is 0.381 e. The summed E-state index contributed by atoms with van der Waals surface area (Å²) >= 11 is 9.19. The van der Waals surface area contributed by atoms with Gasteiger partial charge >= 0.3 is 0 Å². The molecule has 0 unspecified atom stereocenters. The fourth-order valence-corrected chi connectivity index (χ4v) is 3.66. The SMILES string of the molecule is O=S(=O)(Nc1ccc(Br)c(Cl)c1)C1CCOCC1. The number of hydrogen-bond acceptors (Lipinski definition) is 3. The van der Waals surface area contributed by atoms with Crippen LogP contribution in [0.5, 0.6) is 0 Å². The summed E-state index contributed by atoms with van der Waals surface area (Å²) in [6, 6.07) is 4.97. The minimum atomic E-state index is -3.37. The van der Waals surface area contributed by atoms with E-state index >= 15 is 0 Å². The maximum Gasteiger partial charge on any atom is 0.235 e. The van der Waals surface area contributed by atoms with Crippen molar-refractivity contribution in [3.05, 3.63) is 27.7 Å². The molecule has 1 aliphatic heterocycles. The van der Waals surface area contributed by atoms with E-state index in [1.807, 2.05) is 0 Å². The predicted molar refractivity (Wildman–Crippen MR) is 75.5 cm³/mol. The number of benzene rings is 1. The van der Waals surface area contributed by atoms with Gasteiger partial charge in [-0.25, -0.2) is 8.42 Å². The minimum absolute atomic E-state index is 0.395. The van der Waals surface area contributed by atoms with Gasteiger partial charge in [-0.05, 0) is 47.0 Å². The first-order chi connectivity index (χ1) is 8.49. The van der Waals surface area contributed by atoms with Gasteiger partial charge in [0.1, 0.15) is 0 Å². The zero-order chi connectivity index (χ0) is 13.2. The summed E-state index contributed by atoms with van der Waals surface area (Å²) in [4.78, 5) is 0. The molecule has 1 fully saturated rings. The van der Waals surface area contributed by atoms with Gasteiger partial charge in [-0.2, -0.15) is 0 Å². The van der Waals surface area contributed by atoms with Crippen molar-refractivity contribution < 1.29 is 13.2 Å². The molecule has 0 radical (unpaired) electrons. The first-order valence-corrected chi connectivity index (χ1v) is 8.25. The van der Waals surface area contributed by atoms with E-state index in [2.05, 4.69) is 20.7 Å². The van der Waals surface area contributed by atoms with E-state index in [4.69, 9.17) is 16.3 Å². The lowest BCUT2D eigenvalue weighted by Gasteiger charge is -2.22. The summed E-state index contributed by atoms with van der Waals surface area (Å²) in [7, 11) is -3.37. The van der Waals surface area contributed by atoms with Crippen LogP contribution in [-0.2, 0) is 14.8 Å². The van der Waals surface area contributed by atoms with E-state index < -0.39 is 15.3 Å². The minimum Gasteiger partial charge on any atom is -0.381 e. The highest BCUT2D eigenvalue weighted by Crippen LogP contribution is 2.27. The maximum absolute atomic E-state index is 12.1. The lowest BCUT2D eigenvalue weighted by molar-refractivity contribution is 0.0984. The number of halogens is 2. The number of rotatable bonds is 3. The summed E-state index contributed by atoms with van der Waals surface area (Å²) in [5.74, 6) is 0. The fourth-order valence-electron chi connectivity index (χ4n) is 1.79. The van der Waals surface area contributed by atoms with Gasteiger partial charge in [0.15, 0.2) is 0 Å². The molecule has 0 saturated carbocycles. The van der Waals surface area contributed by atoms with Gasteiger partial charge in [-0.3, -0.25) is 4.72 Å². The van der Waals surface area contributed by atoms with Crippen molar-refractivity contribution in [3.63, 3.8) is 0 Å². The second-order valence-corrected chi connectivity index (χ2v) is 7.31. The highest BCUT2D eigenvalue weighted by molar-refractivity contribution is 9.10. The molecule has 1 aliphatic rings. The van der Waals surface area contributed by atoms with Crippen LogP contribution in [0.3, 0.4) is 0 Å². The molecule has 0 atom stereocenters. The summed E-state index contributed by atoms with van der Waals surface area (Å²) in [5.41, 5.74) is 0.481. The summed E-state index contributed by atoms with van der Waals surface area (Å²) < 4.78 is 32.7. The molecule has 1 N–H and O–H groups in total. The normalized spacial score (nSPS) is 17.7. The van der Waals surface area contributed by atoms with Crippen LogP contribution in [-0.4, -0.2) is 26.9 Å². The average Bonchev–Trinajstić information content (AvgIpc) is 2.35. The molecule has 1 aromatic carbocycles. The van der Waals surface area contributed by atoms with Crippen LogP contribution in [0, 0.1) is 0 Å². The third-order valence-corrected chi connectivity index (χ3v) is 5.89. The van der Waals surface area contributed by atoms with Crippen LogP contribution in [0.25, 0.3) is 0 Å². The Morgan fingerprint density at radius 2 is 2.00 bits per heavy atom. The lowest BCUT2D eigenvalue weighted by atomic mass is 10.2. The summed E-state index contributed by atoms with van der Waals surface area (Å²) in [5, 5.41) is 0.0795. The highest BCUT2D eigenvalue weighted by Gasteiger charge is 2.27. The number of hydrogen-bond donors (Lipinski definition) is 1. The molecular formula is C11H13BrClNO3S. The predicted octanol–water partition coefficient (Wildman–Crippen LogP) is 3.02. The van der Waals surface area contributed by atoms with Crippen LogP contribution in [0.15, 0.2) is 22.7 Å². The van der Waals surface area contributed by atoms with Crippen molar-refractivity contribution in [2.75, 3.05) is 17.9 Å². The third kappa shape index (κ3) is 3.38. The first-order valence-electron chi connectivity index (χ1n) is 5.53. The Hall–Kier alpha value is -0.300. The molecule has 1 heterocycles. The first kappa shape index (κ1) is 14.1. The van der Waals surface area contributed by atoms with Crippen molar-refractivity contribution in [2.45, 2.75) is 18.1 Å². The number of nitrogens with one attached hydrogen (secondary N) is 1. The molecular weight excluding hydrogens is 342 g/mol. The zero-order valence-electron chi connectivity index (χ0n) is 9.53. The number of ether oxygens (including phenoxy) is 1. The van der Waals surface area contributed by atoms with Crippen molar-refractivity contribution >= 4 is 43.2 Å². The van der Waals surface area contributed by atoms with Gasteiger partial charge in [0.25, 0.3) is 0 Å². The quantitative estimate of drug-likeness (QED) is 0.908.